The normalized spacial score (nSPS) is 32.8. The van der Waals surface area contributed by atoms with Crippen LogP contribution in [0, 0.1) is 11.8 Å². The molecule has 2 N–H and O–H groups in total. The maximum absolute atomic E-state index is 14.7. The van der Waals surface area contributed by atoms with Crippen molar-refractivity contribution in [3.8, 4) is 0 Å². The van der Waals surface area contributed by atoms with Crippen molar-refractivity contribution < 1.29 is 38.5 Å². The van der Waals surface area contributed by atoms with Gasteiger partial charge in [0.25, 0.3) is 0 Å². The van der Waals surface area contributed by atoms with Crippen molar-refractivity contribution in [3.63, 3.8) is 0 Å². The molecule has 1 aromatic carbocycles. The van der Waals surface area contributed by atoms with Crippen molar-refractivity contribution in [3.05, 3.63) is 60.2 Å². The zero-order valence-electron chi connectivity index (χ0n) is 26.1. The number of aliphatic hydroxyl groups is 1. The Morgan fingerprint density at radius 2 is 1.76 bits per heavy atom. The number of nitrogens with one attached hydrogen (secondary N) is 1. The van der Waals surface area contributed by atoms with Crippen molar-refractivity contribution in [2.75, 3.05) is 65.7 Å². The summed E-state index contributed by atoms with van der Waals surface area (Å²) in [6.45, 7) is 4.37. The van der Waals surface area contributed by atoms with Crippen LogP contribution in [-0.2, 0) is 33.4 Å². The smallest absolute Gasteiger partial charge is 0.306 e. The Hall–Kier alpha value is -3.58. The van der Waals surface area contributed by atoms with E-state index < -0.39 is 41.5 Å². The lowest BCUT2D eigenvalue weighted by molar-refractivity contribution is -0.148. The van der Waals surface area contributed by atoms with Crippen LogP contribution in [0.2, 0.25) is 0 Å². The molecule has 6 atom stereocenters. The topological polar surface area (TPSA) is 138 Å². The number of allylic oxidation sites excluding steroid dienone is 1. The molecule has 12 heteroatoms. The Morgan fingerprint density at radius 3 is 2.54 bits per heavy atom. The number of hydrogen-bond acceptors (Lipinski definition) is 9. The van der Waals surface area contributed by atoms with E-state index in [0.717, 1.165) is 18.7 Å². The molecule has 3 fully saturated rings. The molecule has 0 radical (unpaired) electrons. The van der Waals surface area contributed by atoms with Gasteiger partial charge >= 0.3 is 5.97 Å². The number of ether oxygens (including phenoxy) is 3. The van der Waals surface area contributed by atoms with Crippen molar-refractivity contribution in [2.45, 2.75) is 49.5 Å². The number of esters is 1. The van der Waals surface area contributed by atoms with Crippen LogP contribution >= 0.6 is 0 Å². The summed E-state index contributed by atoms with van der Waals surface area (Å²) in [7, 11) is 0. The maximum Gasteiger partial charge on any atom is 0.306 e. The van der Waals surface area contributed by atoms with Gasteiger partial charge in [0.05, 0.1) is 37.2 Å². The number of benzene rings is 1. The first-order chi connectivity index (χ1) is 22.4. The second kappa shape index (κ2) is 14.5. The molecule has 12 nitrogen and oxygen atoms in total. The van der Waals surface area contributed by atoms with Crippen LogP contribution in [0.15, 0.2) is 54.6 Å². The van der Waals surface area contributed by atoms with Gasteiger partial charge in [-0.15, -0.1) is 0 Å². The second-order valence-corrected chi connectivity index (χ2v) is 12.6. The first kappa shape index (κ1) is 32.4. The van der Waals surface area contributed by atoms with E-state index in [0.29, 0.717) is 52.1 Å². The Balaban J connectivity index is 1.34. The number of hydrogen-bond donors (Lipinski definition) is 2. The summed E-state index contributed by atoms with van der Waals surface area (Å²) in [6.07, 6.45) is 8.28. The Bertz CT molecular complexity index is 1330. The molecule has 248 valence electrons. The minimum atomic E-state index is -1.29. The number of likely N-dealkylation sites (tertiary alicyclic amines) is 1. The third kappa shape index (κ3) is 6.48. The number of unbranched alkanes of at least 4 members (excludes halogenated alkanes) is 1. The van der Waals surface area contributed by atoms with Gasteiger partial charge in [-0.1, -0.05) is 54.6 Å². The van der Waals surface area contributed by atoms with Crippen LogP contribution in [0.1, 0.15) is 37.3 Å². The Labute approximate surface area is 269 Å². The molecule has 1 aromatic rings. The summed E-state index contributed by atoms with van der Waals surface area (Å²) in [5.74, 6) is -3.07. The van der Waals surface area contributed by atoms with Crippen molar-refractivity contribution in [2.24, 2.45) is 11.8 Å². The molecular weight excluding hydrogens is 592 g/mol. The number of rotatable bonds is 8. The largest absolute Gasteiger partial charge is 0.463 e. The van der Waals surface area contributed by atoms with E-state index in [4.69, 9.17) is 14.2 Å². The van der Waals surface area contributed by atoms with Crippen LogP contribution in [-0.4, -0.2) is 127 Å². The van der Waals surface area contributed by atoms with Gasteiger partial charge in [-0.2, -0.15) is 0 Å². The summed E-state index contributed by atoms with van der Waals surface area (Å²) in [6, 6.07) is 7.69. The second-order valence-electron chi connectivity index (χ2n) is 12.6. The van der Waals surface area contributed by atoms with E-state index in [1.807, 2.05) is 48.6 Å². The molecule has 3 amide bonds. The fraction of sp³-hybridized carbons (Fsp3) is 0.588. The molecular formula is C34H44N4O8. The highest BCUT2D eigenvalue weighted by molar-refractivity contribution is 6.00. The molecule has 0 saturated carbocycles. The summed E-state index contributed by atoms with van der Waals surface area (Å²) in [4.78, 5) is 61.3. The quantitative estimate of drug-likeness (QED) is 0.241. The van der Waals surface area contributed by atoms with Gasteiger partial charge in [-0.25, -0.2) is 0 Å². The monoisotopic (exact) mass is 636 g/mol. The standard InChI is InChI=1S/C34H44N4O8/c39-20-8-7-15-38-30-33(43)37(17-16-36-18-21-44-22-19-36)14-6-2-5-11-27(40)45-23-25(24-9-3-1-4-10-24)35-31(41)28-26-12-13-34(30,46-26)29(28)32(38)42/h1-4,6,9-10,12-13,25-26,28-30,39H,5,7-8,11,14-23H2,(H,35,41)/b6-2-/t25-,26-,28+,29+,30-,34+/m0/s1. The molecule has 0 unspecified atom stereocenters. The first-order valence-corrected chi connectivity index (χ1v) is 16.5. The van der Waals surface area contributed by atoms with Crippen LogP contribution < -0.4 is 5.32 Å². The average Bonchev–Trinajstić information content (AvgIpc) is 3.72. The summed E-state index contributed by atoms with van der Waals surface area (Å²) < 4.78 is 17.6. The lowest BCUT2D eigenvalue weighted by atomic mass is 9.74. The number of aliphatic hydroxyl groups excluding tert-OH is 1. The van der Waals surface area contributed by atoms with E-state index in [1.165, 1.54) is 0 Å². The number of carbonyl (C=O) groups excluding carboxylic acids is 4. The third-order valence-electron chi connectivity index (χ3n) is 9.76. The summed E-state index contributed by atoms with van der Waals surface area (Å²) >= 11 is 0. The SMILES string of the molecule is O=C1CC/C=C\CN(CCN2CCOCC2)C(=O)[C@@H]2N(CCCCO)C(=O)[C@H]3[C@H](C(=O)N[C@H](c4ccccc4)CO1)[C@@H]1C=C[C@]23O1. The van der Waals surface area contributed by atoms with Gasteiger partial charge in [0.2, 0.25) is 17.7 Å². The molecule has 0 aliphatic carbocycles. The average molecular weight is 637 g/mol. The van der Waals surface area contributed by atoms with Gasteiger partial charge in [0, 0.05) is 52.3 Å². The van der Waals surface area contributed by atoms with E-state index in [1.54, 1.807) is 15.9 Å². The minimum absolute atomic E-state index is 0.0271. The molecule has 3 saturated heterocycles. The van der Waals surface area contributed by atoms with Crippen molar-refractivity contribution >= 4 is 23.7 Å². The number of cyclic esters (lactones) is 1. The Kier molecular flexibility index (Phi) is 10.2. The predicted octanol–water partition coefficient (Wildman–Crippen LogP) is 0.821. The molecule has 1 spiro atoms. The maximum atomic E-state index is 14.7. The molecule has 5 aliphatic heterocycles. The molecule has 46 heavy (non-hydrogen) atoms. The van der Waals surface area contributed by atoms with E-state index >= 15 is 0 Å². The summed E-state index contributed by atoms with van der Waals surface area (Å²) in [5.41, 5.74) is -0.521. The van der Waals surface area contributed by atoms with Crippen molar-refractivity contribution in [1.82, 2.24) is 20.0 Å². The fourth-order valence-corrected chi connectivity index (χ4v) is 7.38. The molecule has 5 aliphatic rings. The van der Waals surface area contributed by atoms with Crippen LogP contribution in [0.4, 0.5) is 0 Å². The van der Waals surface area contributed by atoms with E-state index in [-0.39, 0.29) is 44.0 Å². The lowest BCUT2D eigenvalue weighted by Crippen LogP contribution is -2.57. The number of nitrogens with zero attached hydrogens (tertiary/aromatic N) is 3. The first-order valence-electron chi connectivity index (χ1n) is 16.5. The highest BCUT2D eigenvalue weighted by Crippen LogP contribution is 2.55. The number of morpholine rings is 1. The van der Waals surface area contributed by atoms with Gasteiger partial charge in [0.15, 0.2) is 0 Å². The van der Waals surface area contributed by atoms with E-state index in [2.05, 4.69) is 10.2 Å². The van der Waals surface area contributed by atoms with Gasteiger partial charge in [-0.05, 0) is 24.8 Å². The highest BCUT2D eigenvalue weighted by Gasteiger charge is 2.73. The highest BCUT2D eigenvalue weighted by atomic mass is 16.5. The van der Waals surface area contributed by atoms with Crippen LogP contribution in [0.25, 0.3) is 0 Å². The predicted molar refractivity (Wildman–Crippen MR) is 166 cm³/mol. The lowest BCUT2D eigenvalue weighted by Gasteiger charge is -2.37. The summed E-state index contributed by atoms with van der Waals surface area (Å²) in [5, 5.41) is 12.5. The number of carbonyl (C=O) groups is 4. The van der Waals surface area contributed by atoms with Crippen LogP contribution in [0.5, 0.6) is 0 Å². The zero-order chi connectivity index (χ0) is 32.1. The van der Waals surface area contributed by atoms with Gasteiger partial charge in [0.1, 0.15) is 18.2 Å². The molecule has 5 bridgehead atoms. The van der Waals surface area contributed by atoms with Crippen LogP contribution in [0.3, 0.4) is 0 Å². The number of amides is 3. The molecule has 0 aromatic heterocycles. The van der Waals surface area contributed by atoms with E-state index in [9.17, 15) is 24.3 Å². The Morgan fingerprint density at radius 1 is 0.957 bits per heavy atom. The third-order valence-corrected chi connectivity index (χ3v) is 9.76. The zero-order valence-corrected chi connectivity index (χ0v) is 26.1. The molecule has 6 rings (SSSR count). The van der Waals surface area contributed by atoms with Gasteiger partial charge < -0.3 is 34.4 Å². The van der Waals surface area contributed by atoms with Crippen molar-refractivity contribution in [1.29, 1.82) is 0 Å². The van der Waals surface area contributed by atoms with Gasteiger partial charge in [-0.3, -0.25) is 24.1 Å². The minimum Gasteiger partial charge on any atom is -0.463 e. The molecule has 5 heterocycles. The number of fused-ring (bicyclic) bond motifs is 2. The fourth-order valence-electron chi connectivity index (χ4n) is 7.38.